The summed E-state index contributed by atoms with van der Waals surface area (Å²) in [5, 5.41) is 2.78. The molecule has 2 aromatic carbocycles. The molecule has 0 saturated carbocycles. The van der Waals surface area contributed by atoms with Crippen molar-refractivity contribution in [1.29, 1.82) is 0 Å². The normalized spacial score (nSPS) is 12.6. The van der Waals surface area contributed by atoms with Crippen LogP contribution in [-0.2, 0) is 0 Å². The van der Waals surface area contributed by atoms with Gasteiger partial charge in [0, 0.05) is 17.3 Å². The van der Waals surface area contributed by atoms with Crippen LogP contribution in [0.1, 0.15) is 10.4 Å². The van der Waals surface area contributed by atoms with Crippen LogP contribution in [0.5, 0.6) is 11.5 Å². The summed E-state index contributed by atoms with van der Waals surface area (Å²) in [5.41, 5.74) is 17.5. The number of carbonyl (C=O) groups excluding carboxylic acids is 1. The molecule has 1 heterocycles. The third kappa shape index (κ3) is 3.96. The standard InChI is InChI=1S/C16H16N6O3/c17-15(18)22-16(19)21-10-3-1-2-9(6-10)14(23)20-11-4-5-12-13(7-11)25-8-24-12/h1-7H,8H2,(H,20,23)(H6,17,18,19,21,22). The Hall–Kier alpha value is -3.75. The minimum Gasteiger partial charge on any atom is -0.454 e. The molecule has 2 aromatic rings. The first-order valence-corrected chi connectivity index (χ1v) is 7.26. The number of hydrogen-bond donors (Lipinski definition) is 4. The number of amides is 1. The molecule has 3 rings (SSSR count). The lowest BCUT2D eigenvalue weighted by Crippen LogP contribution is -2.26. The Morgan fingerprint density at radius 3 is 2.64 bits per heavy atom. The molecule has 1 aliphatic rings. The van der Waals surface area contributed by atoms with Gasteiger partial charge in [0.05, 0.1) is 5.69 Å². The lowest BCUT2D eigenvalue weighted by molar-refractivity contribution is 0.102. The number of benzene rings is 2. The number of ether oxygens (including phenoxy) is 2. The van der Waals surface area contributed by atoms with Crippen molar-refractivity contribution in [2.75, 3.05) is 12.1 Å². The molecule has 0 atom stereocenters. The monoisotopic (exact) mass is 340 g/mol. The van der Waals surface area contributed by atoms with E-state index in [1.165, 1.54) is 0 Å². The summed E-state index contributed by atoms with van der Waals surface area (Å²) in [5.74, 6) is 0.619. The molecule has 1 aliphatic heterocycles. The number of nitrogens with two attached hydrogens (primary N) is 3. The number of anilines is 1. The summed E-state index contributed by atoms with van der Waals surface area (Å²) in [7, 11) is 0. The molecule has 0 radical (unpaired) electrons. The number of carbonyl (C=O) groups is 1. The van der Waals surface area contributed by atoms with E-state index in [9.17, 15) is 4.79 Å². The summed E-state index contributed by atoms with van der Waals surface area (Å²) in [6, 6.07) is 11.7. The summed E-state index contributed by atoms with van der Waals surface area (Å²) >= 11 is 0. The fraction of sp³-hybridized carbons (Fsp3) is 0.0625. The number of nitrogens with one attached hydrogen (secondary N) is 1. The summed E-state index contributed by atoms with van der Waals surface area (Å²) < 4.78 is 10.5. The van der Waals surface area contributed by atoms with Crippen LogP contribution in [0, 0.1) is 0 Å². The zero-order chi connectivity index (χ0) is 17.8. The van der Waals surface area contributed by atoms with Crippen molar-refractivity contribution >= 4 is 29.2 Å². The van der Waals surface area contributed by atoms with Gasteiger partial charge in [-0.15, -0.1) is 0 Å². The fourth-order valence-corrected chi connectivity index (χ4v) is 2.18. The molecule has 9 heteroatoms. The van der Waals surface area contributed by atoms with Crippen LogP contribution in [0.2, 0.25) is 0 Å². The number of hydrogen-bond acceptors (Lipinski definition) is 4. The van der Waals surface area contributed by atoms with Crippen molar-refractivity contribution in [3.63, 3.8) is 0 Å². The highest BCUT2D eigenvalue weighted by molar-refractivity contribution is 6.05. The molecule has 1 amide bonds. The van der Waals surface area contributed by atoms with E-state index in [-0.39, 0.29) is 24.6 Å². The predicted molar refractivity (Wildman–Crippen MR) is 94.1 cm³/mol. The summed E-state index contributed by atoms with van der Waals surface area (Å²) in [4.78, 5) is 20.0. The average molecular weight is 340 g/mol. The second-order valence-electron chi connectivity index (χ2n) is 5.08. The first-order valence-electron chi connectivity index (χ1n) is 7.26. The van der Waals surface area contributed by atoms with Crippen molar-refractivity contribution in [2.24, 2.45) is 27.2 Å². The molecule has 0 unspecified atom stereocenters. The summed E-state index contributed by atoms with van der Waals surface area (Å²) in [6.45, 7) is 0.171. The minimum absolute atomic E-state index is 0.103. The Kier molecular flexibility index (Phi) is 4.38. The van der Waals surface area contributed by atoms with Gasteiger partial charge in [0.25, 0.3) is 5.91 Å². The molecule has 128 valence electrons. The van der Waals surface area contributed by atoms with Crippen LogP contribution < -0.4 is 32.0 Å². The second kappa shape index (κ2) is 6.79. The Morgan fingerprint density at radius 2 is 1.84 bits per heavy atom. The molecular formula is C16H16N6O3. The maximum Gasteiger partial charge on any atom is 0.255 e. The zero-order valence-electron chi connectivity index (χ0n) is 13.1. The Balaban J connectivity index is 1.76. The van der Waals surface area contributed by atoms with Gasteiger partial charge in [-0.25, -0.2) is 4.99 Å². The molecule has 0 spiro atoms. The first-order chi connectivity index (χ1) is 12.0. The van der Waals surface area contributed by atoms with Gasteiger partial charge in [0.15, 0.2) is 17.5 Å². The lowest BCUT2D eigenvalue weighted by atomic mass is 10.2. The molecule has 0 fully saturated rings. The van der Waals surface area contributed by atoms with Gasteiger partial charge in [-0.3, -0.25) is 4.79 Å². The minimum atomic E-state index is -0.309. The van der Waals surface area contributed by atoms with Gasteiger partial charge in [-0.05, 0) is 30.3 Å². The van der Waals surface area contributed by atoms with Gasteiger partial charge >= 0.3 is 0 Å². The molecule has 0 aliphatic carbocycles. The van der Waals surface area contributed by atoms with E-state index in [0.29, 0.717) is 28.4 Å². The average Bonchev–Trinajstić information content (AvgIpc) is 3.02. The van der Waals surface area contributed by atoms with Crippen LogP contribution in [0.4, 0.5) is 11.4 Å². The van der Waals surface area contributed by atoms with E-state index >= 15 is 0 Å². The largest absolute Gasteiger partial charge is 0.454 e. The van der Waals surface area contributed by atoms with E-state index in [1.807, 2.05) is 0 Å². The topological polar surface area (TPSA) is 150 Å². The van der Waals surface area contributed by atoms with E-state index in [2.05, 4.69) is 15.3 Å². The van der Waals surface area contributed by atoms with Crippen LogP contribution in [-0.4, -0.2) is 24.6 Å². The van der Waals surface area contributed by atoms with Crippen molar-refractivity contribution in [1.82, 2.24) is 0 Å². The number of nitrogens with zero attached hydrogens (tertiary/aromatic N) is 2. The van der Waals surface area contributed by atoms with E-state index < -0.39 is 0 Å². The maximum atomic E-state index is 12.4. The van der Waals surface area contributed by atoms with Crippen LogP contribution >= 0.6 is 0 Å². The zero-order valence-corrected chi connectivity index (χ0v) is 13.1. The highest BCUT2D eigenvalue weighted by Gasteiger charge is 2.14. The number of rotatable bonds is 3. The Morgan fingerprint density at radius 1 is 1.04 bits per heavy atom. The fourth-order valence-electron chi connectivity index (χ4n) is 2.18. The number of aliphatic imine (C=N–C) groups is 2. The van der Waals surface area contributed by atoms with Crippen LogP contribution in [0.3, 0.4) is 0 Å². The SMILES string of the molecule is NC(N)=NC(N)=Nc1cccc(C(=O)Nc2ccc3c(c2)OCO3)c1. The molecule has 0 saturated heterocycles. The maximum absolute atomic E-state index is 12.4. The van der Waals surface area contributed by atoms with E-state index in [0.717, 1.165) is 0 Å². The quantitative estimate of drug-likeness (QED) is 0.481. The van der Waals surface area contributed by atoms with E-state index in [4.69, 9.17) is 26.7 Å². The number of fused-ring (bicyclic) bond motifs is 1. The van der Waals surface area contributed by atoms with E-state index in [1.54, 1.807) is 42.5 Å². The third-order valence-electron chi connectivity index (χ3n) is 3.23. The van der Waals surface area contributed by atoms with Crippen molar-refractivity contribution in [3.8, 4) is 11.5 Å². The highest BCUT2D eigenvalue weighted by atomic mass is 16.7. The smallest absolute Gasteiger partial charge is 0.255 e. The number of guanidine groups is 2. The third-order valence-corrected chi connectivity index (χ3v) is 3.23. The van der Waals surface area contributed by atoms with Crippen molar-refractivity contribution in [2.45, 2.75) is 0 Å². The highest BCUT2D eigenvalue weighted by Crippen LogP contribution is 2.34. The predicted octanol–water partition coefficient (Wildman–Crippen LogP) is 0.887. The van der Waals surface area contributed by atoms with Gasteiger partial charge in [-0.1, -0.05) is 6.07 Å². The molecule has 9 nitrogen and oxygen atoms in total. The molecule has 0 aromatic heterocycles. The van der Waals surface area contributed by atoms with Crippen LogP contribution in [0.15, 0.2) is 52.4 Å². The molecule has 25 heavy (non-hydrogen) atoms. The Bertz CT molecular complexity index is 874. The van der Waals surface area contributed by atoms with Crippen molar-refractivity contribution < 1.29 is 14.3 Å². The molecular weight excluding hydrogens is 324 g/mol. The van der Waals surface area contributed by atoms with Crippen molar-refractivity contribution in [3.05, 3.63) is 48.0 Å². The first kappa shape index (κ1) is 16.1. The lowest BCUT2D eigenvalue weighted by Gasteiger charge is -2.07. The van der Waals surface area contributed by atoms with Gasteiger partial charge in [-0.2, -0.15) is 4.99 Å². The molecule has 0 bridgehead atoms. The molecule has 7 N–H and O–H groups in total. The second-order valence-corrected chi connectivity index (χ2v) is 5.08. The Labute approximate surface area is 143 Å². The van der Waals surface area contributed by atoms with Gasteiger partial charge in [0.2, 0.25) is 12.8 Å². The van der Waals surface area contributed by atoms with Gasteiger partial charge in [0.1, 0.15) is 0 Å². The van der Waals surface area contributed by atoms with Crippen LogP contribution in [0.25, 0.3) is 0 Å². The summed E-state index contributed by atoms with van der Waals surface area (Å²) in [6.07, 6.45) is 0. The van der Waals surface area contributed by atoms with Gasteiger partial charge < -0.3 is 32.0 Å².